The van der Waals surface area contributed by atoms with E-state index < -0.39 is 0 Å². The summed E-state index contributed by atoms with van der Waals surface area (Å²) in [7, 11) is 0. The number of nitrogens with one attached hydrogen (secondary N) is 1. The lowest BCUT2D eigenvalue weighted by molar-refractivity contribution is -0.123. The predicted octanol–water partition coefficient (Wildman–Crippen LogP) is 3.98. The second kappa shape index (κ2) is 7.55. The van der Waals surface area contributed by atoms with Gasteiger partial charge in [0.1, 0.15) is 5.75 Å². The highest BCUT2D eigenvalue weighted by atomic mass is 32.2. The van der Waals surface area contributed by atoms with E-state index in [0.717, 1.165) is 24.3 Å². The third kappa shape index (κ3) is 4.08. The summed E-state index contributed by atoms with van der Waals surface area (Å²) in [5.74, 6) is 1.69. The summed E-state index contributed by atoms with van der Waals surface area (Å²) < 4.78 is 5.58. The van der Waals surface area contributed by atoms with Crippen LogP contribution in [0.15, 0.2) is 53.4 Å². The number of carbonyl (C=O) groups is 1. The van der Waals surface area contributed by atoms with Gasteiger partial charge in [0.15, 0.2) is 6.61 Å². The predicted molar refractivity (Wildman–Crippen MR) is 94.0 cm³/mol. The Hall–Kier alpha value is -1.94. The van der Waals surface area contributed by atoms with Crippen molar-refractivity contribution in [2.75, 3.05) is 12.4 Å². The molecule has 1 N–H and O–H groups in total. The van der Waals surface area contributed by atoms with E-state index in [2.05, 4.69) is 24.4 Å². The van der Waals surface area contributed by atoms with Gasteiger partial charge in [0, 0.05) is 10.6 Å². The maximum absolute atomic E-state index is 12.2. The van der Waals surface area contributed by atoms with Crippen LogP contribution >= 0.6 is 11.8 Å². The number of fused-ring (bicyclic) bond motifs is 1. The molecular weight excluding hydrogens is 306 g/mol. The van der Waals surface area contributed by atoms with Crippen LogP contribution in [0, 0.1) is 0 Å². The molecule has 3 rings (SSSR count). The Bertz CT molecular complexity index is 669. The van der Waals surface area contributed by atoms with Gasteiger partial charge in [0.05, 0.1) is 6.04 Å². The minimum atomic E-state index is -0.0729. The molecule has 1 aliphatic heterocycles. The zero-order chi connectivity index (χ0) is 16.1. The van der Waals surface area contributed by atoms with Crippen LogP contribution < -0.4 is 10.1 Å². The molecule has 1 heterocycles. The molecule has 2 aromatic carbocycles. The van der Waals surface area contributed by atoms with Gasteiger partial charge in [-0.3, -0.25) is 4.79 Å². The summed E-state index contributed by atoms with van der Waals surface area (Å²) in [4.78, 5) is 13.4. The van der Waals surface area contributed by atoms with Gasteiger partial charge in [-0.1, -0.05) is 37.3 Å². The summed E-state index contributed by atoms with van der Waals surface area (Å²) in [5, 5.41) is 3.09. The van der Waals surface area contributed by atoms with Crippen molar-refractivity contribution in [2.45, 2.75) is 30.7 Å². The zero-order valence-corrected chi connectivity index (χ0v) is 14.1. The Morgan fingerprint density at radius 3 is 2.78 bits per heavy atom. The molecule has 0 aromatic heterocycles. The van der Waals surface area contributed by atoms with Gasteiger partial charge in [0.25, 0.3) is 5.91 Å². The Kier molecular flexibility index (Phi) is 5.23. The summed E-state index contributed by atoms with van der Waals surface area (Å²) in [6.45, 7) is 2.17. The smallest absolute Gasteiger partial charge is 0.258 e. The van der Waals surface area contributed by atoms with Crippen LogP contribution in [0.5, 0.6) is 5.75 Å². The number of rotatable bonds is 5. The van der Waals surface area contributed by atoms with Gasteiger partial charge in [-0.15, -0.1) is 11.8 Å². The van der Waals surface area contributed by atoms with Gasteiger partial charge >= 0.3 is 0 Å². The van der Waals surface area contributed by atoms with Crippen LogP contribution in [-0.4, -0.2) is 18.3 Å². The molecule has 0 fully saturated rings. The van der Waals surface area contributed by atoms with E-state index in [1.807, 2.05) is 48.2 Å². The summed E-state index contributed by atoms with van der Waals surface area (Å²) in [6.07, 6.45) is 1.96. The normalized spacial score (nSPS) is 16.5. The minimum absolute atomic E-state index is 0.0529. The average Bonchev–Trinajstić information content (AvgIpc) is 2.61. The molecular formula is C19H21NO2S. The van der Waals surface area contributed by atoms with Crippen LogP contribution in [-0.2, 0) is 11.2 Å². The molecule has 2 aromatic rings. The molecule has 0 spiro atoms. The monoisotopic (exact) mass is 327 g/mol. The SMILES string of the molecule is CCc1ccc(OCC(=O)NC2CCSc3ccccc32)cc1. The third-order valence-electron chi connectivity index (χ3n) is 4.00. The quantitative estimate of drug-likeness (QED) is 0.903. The van der Waals surface area contributed by atoms with Crippen molar-refractivity contribution in [3.8, 4) is 5.75 Å². The van der Waals surface area contributed by atoms with Crippen molar-refractivity contribution < 1.29 is 9.53 Å². The molecule has 0 saturated carbocycles. The van der Waals surface area contributed by atoms with Gasteiger partial charge in [-0.2, -0.15) is 0 Å². The molecule has 1 aliphatic rings. The highest BCUT2D eigenvalue weighted by Crippen LogP contribution is 2.35. The lowest BCUT2D eigenvalue weighted by Crippen LogP contribution is -2.34. The Morgan fingerprint density at radius 1 is 1.22 bits per heavy atom. The molecule has 0 saturated heterocycles. The van der Waals surface area contributed by atoms with Crippen molar-refractivity contribution in [1.82, 2.24) is 5.32 Å². The number of aryl methyl sites for hydroxylation is 1. The Morgan fingerprint density at radius 2 is 2.00 bits per heavy atom. The second-order valence-corrected chi connectivity index (χ2v) is 6.72. The van der Waals surface area contributed by atoms with Gasteiger partial charge < -0.3 is 10.1 Å². The molecule has 120 valence electrons. The molecule has 3 nitrogen and oxygen atoms in total. The highest BCUT2D eigenvalue weighted by Gasteiger charge is 2.21. The molecule has 0 aliphatic carbocycles. The van der Waals surface area contributed by atoms with E-state index in [1.165, 1.54) is 16.0 Å². The highest BCUT2D eigenvalue weighted by molar-refractivity contribution is 7.99. The maximum Gasteiger partial charge on any atom is 0.258 e. The zero-order valence-electron chi connectivity index (χ0n) is 13.2. The largest absolute Gasteiger partial charge is 0.484 e. The minimum Gasteiger partial charge on any atom is -0.484 e. The molecule has 4 heteroatoms. The molecule has 0 radical (unpaired) electrons. The molecule has 0 bridgehead atoms. The number of hydrogen-bond donors (Lipinski definition) is 1. The first-order valence-corrected chi connectivity index (χ1v) is 8.97. The van der Waals surface area contributed by atoms with E-state index >= 15 is 0 Å². The van der Waals surface area contributed by atoms with Crippen molar-refractivity contribution in [3.63, 3.8) is 0 Å². The van der Waals surface area contributed by atoms with Crippen LogP contribution in [0.25, 0.3) is 0 Å². The van der Waals surface area contributed by atoms with Gasteiger partial charge in [0.2, 0.25) is 0 Å². The van der Waals surface area contributed by atoms with E-state index in [-0.39, 0.29) is 18.6 Å². The Balaban J connectivity index is 1.55. The fourth-order valence-corrected chi connectivity index (χ4v) is 3.82. The number of hydrogen-bond acceptors (Lipinski definition) is 3. The van der Waals surface area contributed by atoms with E-state index in [1.54, 1.807) is 0 Å². The Labute approximate surface area is 141 Å². The van der Waals surface area contributed by atoms with Crippen molar-refractivity contribution in [3.05, 3.63) is 59.7 Å². The molecule has 1 atom stereocenters. The first-order chi connectivity index (χ1) is 11.3. The average molecular weight is 327 g/mol. The van der Waals surface area contributed by atoms with Gasteiger partial charge in [-0.05, 0) is 42.2 Å². The number of amides is 1. The van der Waals surface area contributed by atoms with E-state index in [0.29, 0.717) is 0 Å². The number of ether oxygens (including phenoxy) is 1. The summed E-state index contributed by atoms with van der Waals surface area (Å²) >= 11 is 1.85. The summed E-state index contributed by atoms with van der Waals surface area (Å²) in [5.41, 5.74) is 2.47. The molecule has 1 unspecified atom stereocenters. The third-order valence-corrected chi connectivity index (χ3v) is 5.12. The number of carbonyl (C=O) groups excluding carboxylic acids is 1. The van der Waals surface area contributed by atoms with Crippen molar-refractivity contribution in [2.24, 2.45) is 0 Å². The summed E-state index contributed by atoms with van der Waals surface area (Å²) in [6, 6.07) is 16.3. The topological polar surface area (TPSA) is 38.3 Å². The van der Waals surface area contributed by atoms with Crippen molar-refractivity contribution >= 4 is 17.7 Å². The number of benzene rings is 2. The molecule has 1 amide bonds. The van der Waals surface area contributed by atoms with Crippen LogP contribution in [0.3, 0.4) is 0 Å². The van der Waals surface area contributed by atoms with Crippen LogP contribution in [0.1, 0.15) is 30.5 Å². The standard InChI is InChI=1S/C19H21NO2S/c1-2-14-7-9-15(10-8-14)22-13-19(21)20-17-11-12-23-18-6-4-3-5-16(17)18/h3-10,17H,2,11-13H2,1H3,(H,20,21). The lowest BCUT2D eigenvalue weighted by atomic mass is 10.0. The van der Waals surface area contributed by atoms with Crippen molar-refractivity contribution in [1.29, 1.82) is 0 Å². The first kappa shape index (κ1) is 15.9. The molecule has 23 heavy (non-hydrogen) atoms. The fourth-order valence-electron chi connectivity index (χ4n) is 2.70. The second-order valence-electron chi connectivity index (χ2n) is 5.58. The van der Waals surface area contributed by atoms with E-state index in [4.69, 9.17) is 4.74 Å². The fraction of sp³-hybridized carbons (Fsp3) is 0.316. The first-order valence-electron chi connectivity index (χ1n) is 7.99. The van der Waals surface area contributed by atoms with E-state index in [9.17, 15) is 4.79 Å². The van der Waals surface area contributed by atoms with Crippen LogP contribution in [0.4, 0.5) is 0 Å². The van der Waals surface area contributed by atoms with Crippen LogP contribution in [0.2, 0.25) is 0 Å². The maximum atomic E-state index is 12.2. The van der Waals surface area contributed by atoms with Gasteiger partial charge in [-0.25, -0.2) is 0 Å². The number of thioether (sulfide) groups is 1. The lowest BCUT2D eigenvalue weighted by Gasteiger charge is -2.25.